The number of ether oxygens (including phenoxy) is 2. The van der Waals surface area contributed by atoms with Gasteiger partial charge in [0, 0.05) is 19.7 Å². The molecule has 110 valence electrons. The molecule has 7 heteroatoms. The number of hydrogen-bond donors (Lipinski definition) is 1. The summed E-state index contributed by atoms with van der Waals surface area (Å²) in [4.78, 5) is 13.6. The van der Waals surface area contributed by atoms with E-state index in [-0.39, 0.29) is 12.8 Å². The molecule has 1 aromatic heterocycles. The Bertz CT molecular complexity index is 668. The third-order valence-corrected chi connectivity index (χ3v) is 3.07. The molecule has 0 aliphatic carbocycles. The Kier molecular flexibility index (Phi) is 3.39. The molecule has 2 heterocycles. The van der Waals surface area contributed by atoms with Crippen molar-refractivity contribution in [1.29, 1.82) is 0 Å². The maximum Gasteiger partial charge on any atom is 0.323 e. The molecule has 3 rings (SSSR count). The smallest absolute Gasteiger partial charge is 0.323 e. The predicted molar refractivity (Wildman–Crippen MR) is 74.3 cm³/mol. The van der Waals surface area contributed by atoms with E-state index in [1.165, 1.54) is 0 Å². The normalized spacial score (nSPS) is 12.3. The Balaban J connectivity index is 1.62. The van der Waals surface area contributed by atoms with Crippen molar-refractivity contribution in [1.82, 2.24) is 10.1 Å². The van der Waals surface area contributed by atoms with Crippen LogP contribution in [0.1, 0.15) is 11.3 Å². The van der Waals surface area contributed by atoms with Crippen LogP contribution in [0.5, 0.6) is 11.5 Å². The lowest BCUT2D eigenvalue weighted by molar-refractivity contribution is 0.174. The van der Waals surface area contributed by atoms with E-state index in [1.54, 1.807) is 24.9 Å². The minimum absolute atomic E-state index is 0.237. The van der Waals surface area contributed by atoms with Crippen molar-refractivity contribution >= 4 is 11.8 Å². The highest BCUT2D eigenvalue weighted by Crippen LogP contribution is 2.32. The number of amides is 2. The molecule has 0 unspecified atom stereocenters. The highest BCUT2D eigenvalue weighted by molar-refractivity contribution is 5.88. The van der Waals surface area contributed by atoms with Gasteiger partial charge in [0.2, 0.25) is 6.79 Å². The Morgan fingerprint density at radius 3 is 2.90 bits per heavy atom. The second kappa shape index (κ2) is 5.35. The molecule has 2 amide bonds. The van der Waals surface area contributed by atoms with Crippen molar-refractivity contribution in [2.24, 2.45) is 0 Å². The van der Waals surface area contributed by atoms with E-state index >= 15 is 0 Å². The summed E-state index contributed by atoms with van der Waals surface area (Å²) in [6, 6.07) is 7.00. The van der Waals surface area contributed by atoms with Crippen molar-refractivity contribution in [3.05, 3.63) is 35.6 Å². The molecular weight excluding hydrogens is 274 g/mol. The zero-order chi connectivity index (χ0) is 14.8. The quantitative estimate of drug-likeness (QED) is 0.938. The number of aryl methyl sites for hydroxylation is 1. The van der Waals surface area contributed by atoms with Crippen LogP contribution in [0.2, 0.25) is 0 Å². The third kappa shape index (κ3) is 2.91. The van der Waals surface area contributed by atoms with E-state index in [9.17, 15) is 4.79 Å². The number of hydrogen-bond acceptors (Lipinski definition) is 5. The number of carbonyl (C=O) groups is 1. The van der Waals surface area contributed by atoms with Crippen LogP contribution < -0.4 is 14.8 Å². The molecule has 1 N–H and O–H groups in total. The molecule has 0 bridgehead atoms. The Morgan fingerprint density at radius 2 is 2.14 bits per heavy atom. The average Bonchev–Trinajstić information content (AvgIpc) is 3.07. The number of urea groups is 1. The maximum atomic E-state index is 12.0. The zero-order valence-corrected chi connectivity index (χ0v) is 11.8. The summed E-state index contributed by atoms with van der Waals surface area (Å²) in [6.45, 7) is 2.44. The molecule has 0 spiro atoms. The number of aromatic nitrogens is 1. The fraction of sp³-hybridized carbons (Fsp3) is 0.286. The summed E-state index contributed by atoms with van der Waals surface area (Å²) < 4.78 is 15.5. The van der Waals surface area contributed by atoms with Gasteiger partial charge in [0.05, 0.1) is 0 Å². The first-order valence-electron chi connectivity index (χ1n) is 6.46. The monoisotopic (exact) mass is 289 g/mol. The second-order valence-electron chi connectivity index (χ2n) is 4.80. The molecule has 2 aromatic rings. The van der Waals surface area contributed by atoms with Crippen LogP contribution in [0, 0.1) is 6.92 Å². The van der Waals surface area contributed by atoms with Crippen molar-refractivity contribution < 1.29 is 18.8 Å². The van der Waals surface area contributed by atoms with Crippen LogP contribution in [0.15, 0.2) is 28.8 Å². The van der Waals surface area contributed by atoms with Gasteiger partial charge in [-0.15, -0.1) is 0 Å². The van der Waals surface area contributed by atoms with Gasteiger partial charge >= 0.3 is 6.03 Å². The van der Waals surface area contributed by atoms with Gasteiger partial charge in [-0.2, -0.15) is 0 Å². The van der Waals surface area contributed by atoms with Crippen LogP contribution >= 0.6 is 0 Å². The Hall–Kier alpha value is -2.70. The van der Waals surface area contributed by atoms with Gasteiger partial charge in [0.15, 0.2) is 17.3 Å². The fourth-order valence-corrected chi connectivity index (χ4v) is 2.02. The molecule has 0 radical (unpaired) electrons. The third-order valence-electron chi connectivity index (χ3n) is 3.07. The summed E-state index contributed by atoms with van der Waals surface area (Å²) in [5.41, 5.74) is 0.952. The minimum atomic E-state index is -0.263. The lowest BCUT2D eigenvalue weighted by Gasteiger charge is -2.17. The molecule has 21 heavy (non-hydrogen) atoms. The van der Waals surface area contributed by atoms with Gasteiger partial charge in [-0.1, -0.05) is 11.2 Å². The minimum Gasteiger partial charge on any atom is -0.454 e. The number of benzene rings is 1. The maximum absolute atomic E-state index is 12.0. The van der Waals surface area contributed by atoms with Crippen molar-refractivity contribution in [3.8, 4) is 11.5 Å². The van der Waals surface area contributed by atoms with Crippen molar-refractivity contribution in [2.75, 3.05) is 19.2 Å². The van der Waals surface area contributed by atoms with Crippen LogP contribution in [-0.4, -0.2) is 29.9 Å². The van der Waals surface area contributed by atoms with Gasteiger partial charge in [0.25, 0.3) is 0 Å². The number of nitrogens with zero attached hydrogens (tertiary/aromatic N) is 2. The summed E-state index contributed by atoms with van der Waals surface area (Å²) >= 11 is 0. The molecule has 0 saturated heterocycles. The van der Waals surface area contributed by atoms with Crippen LogP contribution in [0.25, 0.3) is 0 Å². The molecule has 0 atom stereocenters. The van der Waals surface area contributed by atoms with E-state index in [0.29, 0.717) is 23.9 Å². The number of carbonyl (C=O) groups excluding carboxylic acids is 1. The van der Waals surface area contributed by atoms with E-state index in [2.05, 4.69) is 10.5 Å². The molecule has 7 nitrogen and oxygen atoms in total. The SMILES string of the molecule is Cc1cc(NC(=O)N(C)Cc2ccc3c(c2)OCO3)no1. The molecule has 0 saturated carbocycles. The van der Waals surface area contributed by atoms with Crippen LogP contribution in [-0.2, 0) is 6.54 Å². The highest BCUT2D eigenvalue weighted by Gasteiger charge is 2.16. The summed E-state index contributed by atoms with van der Waals surface area (Å²) in [5, 5.41) is 6.38. The lowest BCUT2D eigenvalue weighted by Crippen LogP contribution is -2.30. The summed E-state index contributed by atoms with van der Waals surface area (Å²) in [6.07, 6.45) is 0. The van der Waals surface area contributed by atoms with Crippen LogP contribution in [0.3, 0.4) is 0 Å². The first-order valence-corrected chi connectivity index (χ1v) is 6.46. The summed E-state index contributed by atoms with van der Waals surface area (Å²) in [7, 11) is 1.70. The zero-order valence-electron chi connectivity index (χ0n) is 11.8. The molecule has 1 aliphatic rings. The standard InChI is InChI=1S/C14H15N3O4/c1-9-5-13(16-21-9)15-14(18)17(2)7-10-3-4-11-12(6-10)20-8-19-11/h3-6H,7-8H2,1-2H3,(H,15,16,18). The van der Waals surface area contributed by atoms with E-state index < -0.39 is 0 Å². The second-order valence-corrected chi connectivity index (χ2v) is 4.80. The molecule has 1 aromatic carbocycles. The highest BCUT2D eigenvalue weighted by atomic mass is 16.7. The van der Waals surface area contributed by atoms with Gasteiger partial charge in [-0.05, 0) is 24.6 Å². The predicted octanol–water partition coefficient (Wildman–Crippen LogP) is 2.38. The number of fused-ring (bicyclic) bond motifs is 1. The molecule has 1 aliphatic heterocycles. The fourth-order valence-electron chi connectivity index (χ4n) is 2.02. The number of rotatable bonds is 3. The first-order chi connectivity index (χ1) is 10.1. The number of anilines is 1. The average molecular weight is 289 g/mol. The van der Waals surface area contributed by atoms with Gasteiger partial charge in [0.1, 0.15) is 5.76 Å². The van der Waals surface area contributed by atoms with E-state index in [4.69, 9.17) is 14.0 Å². The van der Waals surface area contributed by atoms with Gasteiger partial charge in [-0.25, -0.2) is 4.79 Å². The summed E-state index contributed by atoms with van der Waals surface area (Å²) in [5.74, 6) is 2.47. The molecule has 0 fully saturated rings. The van der Waals surface area contributed by atoms with E-state index in [1.807, 2.05) is 18.2 Å². The Labute approximate surface area is 121 Å². The largest absolute Gasteiger partial charge is 0.454 e. The van der Waals surface area contributed by atoms with Gasteiger partial charge in [-0.3, -0.25) is 5.32 Å². The first kappa shape index (κ1) is 13.3. The van der Waals surface area contributed by atoms with Crippen molar-refractivity contribution in [3.63, 3.8) is 0 Å². The van der Waals surface area contributed by atoms with E-state index in [0.717, 1.165) is 11.3 Å². The topological polar surface area (TPSA) is 76.8 Å². The number of nitrogens with one attached hydrogen (secondary N) is 1. The molecular formula is C14H15N3O4. The van der Waals surface area contributed by atoms with Gasteiger partial charge < -0.3 is 18.9 Å². The Morgan fingerprint density at radius 1 is 1.33 bits per heavy atom. The van der Waals surface area contributed by atoms with Crippen molar-refractivity contribution in [2.45, 2.75) is 13.5 Å². The van der Waals surface area contributed by atoms with Crippen LogP contribution in [0.4, 0.5) is 10.6 Å². The lowest BCUT2D eigenvalue weighted by atomic mass is 10.2.